The molecule has 156 valence electrons. The van der Waals surface area contributed by atoms with Crippen LogP contribution >= 0.6 is 11.9 Å². The standard InChI is InChI=1S/C19H29N3O4S2/c1-4-5-6-7-17(21-28(25)26)12-13-22(19(24)27-20-3)18(23)14-16-10-8-15(2)9-11-16/h8-11,17,20H,4-7,12-14H2,1-3H3. The van der Waals surface area contributed by atoms with Crippen LogP contribution < -0.4 is 4.72 Å². The van der Waals surface area contributed by atoms with E-state index in [4.69, 9.17) is 0 Å². The summed E-state index contributed by atoms with van der Waals surface area (Å²) in [6.45, 7) is 4.17. The van der Waals surface area contributed by atoms with Crippen LogP contribution in [0.15, 0.2) is 28.6 Å². The predicted octanol–water partition coefficient (Wildman–Crippen LogP) is 3.76. The Morgan fingerprint density at radius 2 is 1.86 bits per heavy atom. The van der Waals surface area contributed by atoms with Crippen LogP contribution in [0.3, 0.4) is 0 Å². The molecular weight excluding hydrogens is 398 g/mol. The van der Waals surface area contributed by atoms with Crippen LogP contribution in [0.4, 0.5) is 4.79 Å². The fourth-order valence-electron chi connectivity index (χ4n) is 2.72. The Hall–Kier alpha value is -1.71. The lowest BCUT2D eigenvalue weighted by molar-refractivity contribution is -0.127. The van der Waals surface area contributed by atoms with E-state index in [1.165, 1.54) is 4.90 Å². The third-order valence-corrected chi connectivity index (χ3v) is 5.32. The van der Waals surface area contributed by atoms with Crippen molar-refractivity contribution in [2.45, 2.75) is 58.4 Å². The summed E-state index contributed by atoms with van der Waals surface area (Å²) < 4.78 is 28.4. The van der Waals surface area contributed by atoms with Gasteiger partial charge in [-0.3, -0.25) is 19.2 Å². The Morgan fingerprint density at radius 1 is 1.18 bits per heavy atom. The van der Waals surface area contributed by atoms with Gasteiger partial charge in [0.05, 0.1) is 12.5 Å². The van der Waals surface area contributed by atoms with Crippen LogP contribution in [0.2, 0.25) is 0 Å². The van der Waals surface area contributed by atoms with Crippen molar-refractivity contribution in [3.63, 3.8) is 0 Å². The molecule has 2 amide bonds. The van der Waals surface area contributed by atoms with Gasteiger partial charge in [-0.25, -0.2) is 0 Å². The first kappa shape index (κ1) is 24.3. The van der Waals surface area contributed by atoms with Gasteiger partial charge in [0.2, 0.25) is 5.91 Å². The van der Waals surface area contributed by atoms with Crippen molar-refractivity contribution in [3.8, 4) is 0 Å². The molecule has 1 unspecified atom stereocenters. The Morgan fingerprint density at radius 3 is 2.43 bits per heavy atom. The van der Waals surface area contributed by atoms with Gasteiger partial charge in [-0.1, -0.05) is 56.0 Å². The van der Waals surface area contributed by atoms with Crippen molar-refractivity contribution in [2.24, 2.45) is 4.36 Å². The van der Waals surface area contributed by atoms with Gasteiger partial charge in [-0.05, 0) is 32.4 Å². The number of carbonyl (C=O) groups excluding carboxylic acids is 2. The van der Waals surface area contributed by atoms with Crippen molar-refractivity contribution in [2.75, 3.05) is 13.6 Å². The highest BCUT2D eigenvalue weighted by Gasteiger charge is 2.23. The first-order valence-corrected chi connectivity index (χ1v) is 11.3. The second-order valence-corrected chi connectivity index (χ2v) is 8.15. The Bertz CT molecular complexity index is 756. The largest absolute Gasteiger partial charge is 0.311 e. The number of amides is 2. The van der Waals surface area contributed by atoms with E-state index in [0.29, 0.717) is 12.8 Å². The van der Waals surface area contributed by atoms with E-state index in [1.807, 2.05) is 31.2 Å². The Kier molecular flexibility index (Phi) is 11.7. The summed E-state index contributed by atoms with van der Waals surface area (Å²) in [5, 5.41) is -0.407. The van der Waals surface area contributed by atoms with E-state index in [1.54, 1.807) is 7.05 Å². The van der Waals surface area contributed by atoms with Crippen LogP contribution in [-0.4, -0.2) is 44.1 Å². The monoisotopic (exact) mass is 427 g/mol. The summed E-state index contributed by atoms with van der Waals surface area (Å²) in [5.41, 5.74) is 1.92. The lowest BCUT2D eigenvalue weighted by Gasteiger charge is -2.21. The van der Waals surface area contributed by atoms with Gasteiger partial charge < -0.3 is 0 Å². The molecule has 1 aromatic carbocycles. The normalized spacial score (nSPS) is 11.7. The fourth-order valence-corrected chi connectivity index (χ4v) is 3.65. The van der Waals surface area contributed by atoms with Gasteiger partial charge in [-0.2, -0.15) is 12.8 Å². The summed E-state index contributed by atoms with van der Waals surface area (Å²) in [4.78, 5) is 26.3. The molecule has 1 N–H and O–H groups in total. The van der Waals surface area contributed by atoms with Crippen LogP contribution in [0.5, 0.6) is 0 Å². The smallest absolute Gasteiger partial charge is 0.274 e. The molecule has 0 saturated heterocycles. The minimum absolute atomic E-state index is 0.113. The topological polar surface area (TPSA) is 95.9 Å². The molecule has 0 fully saturated rings. The molecule has 0 bridgehead atoms. The molecule has 0 aromatic heterocycles. The number of benzene rings is 1. The van der Waals surface area contributed by atoms with Crippen LogP contribution in [0.25, 0.3) is 0 Å². The van der Waals surface area contributed by atoms with Crippen molar-refractivity contribution < 1.29 is 18.0 Å². The molecule has 9 heteroatoms. The van der Waals surface area contributed by atoms with E-state index in [2.05, 4.69) is 16.0 Å². The maximum absolute atomic E-state index is 12.7. The highest BCUT2D eigenvalue weighted by molar-refractivity contribution is 8.11. The third-order valence-electron chi connectivity index (χ3n) is 4.25. The fraction of sp³-hybridized carbons (Fsp3) is 0.579. The zero-order valence-electron chi connectivity index (χ0n) is 16.7. The number of imide groups is 1. The number of nitrogens with zero attached hydrogens (tertiary/aromatic N) is 2. The Labute approximate surface area is 173 Å². The average molecular weight is 428 g/mol. The first-order chi connectivity index (χ1) is 13.4. The highest BCUT2D eigenvalue weighted by Crippen LogP contribution is 2.15. The number of rotatable bonds is 11. The lowest BCUT2D eigenvalue weighted by Crippen LogP contribution is -2.38. The maximum Gasteiger partial charge on any atom is 0.311 e. The Balaban J connectivity index is 2.83. The molecule has 0 heterocycles. The van der Waals surface area contributed by atoms with Gasteiger partial charge >= 0.3 is 15.7 Å². The summed E-state index contributed by atoms with van der Waals surface area (Å²) in [6, 6.07) is 7.15. The molecule has 0 saturated carbocycles. The van der Waals surface area contributed by atoms with E-state index in [0.717, 1.165) is 42.3 Å². The molecule has 28 heavy (non-hydrogen) atoms. The first-order valence-electron chi connectivity index (χ1n) is 9.41. The van der Waals surface area contributed by atoms with Crippen molar-refractivity contribution in [1.29, 1.82) is 0 Å². The third kappa shape index (κ3) is 9.48. The summed E-state index contributed by atoms with van der Waals surface area (Å²) in [6.07, 6.45) is 3.93. The SMILES string of the molecule is CCCCCC(CCN(C(=O)Cc1ccc(C)cc1)C(=O)SNC)N=S(=O)=O. The second-order valence-electron chi connectivity index (χ2n) is 6.54. The van der Waals surface area contributed by atoms with Gasteiger partial charge in [0.25, 0.3) is 0 Å². The van der Waals surface area contributed by atoms with Crippen molar-refractivity contribution in [1.82, 2.24) is 9.62 Å². The molecule has 1 rings (SSSR count). The number of hydrogen-bond acceptors (Lipinski definition) is 7. The molecule has 0 spiro atoms. The van der Waals surface area contributed by atoms with E-state index < -0.39 is 21.8 Å². The van der Waals surface area contributed by atoms with Crippen LogP contribution in [-0.2, 0) is 21.7 Å². The molecule has 1 aromatic rings. The van der Waals surface area contributed by atoms with Crippen molar-refractivity contribution in [3.05, 3.63) is 35.4 Å². The van der Waals surface area contributed by atoms with Gasteiger partial charge in [-0.15, -0.1) is 0 Å². The maximum atomic E-state index is 12.7. The van der Waals surface area contributed by atoms with Gasteiger partial charge in [0.1, 0.15) is 0 Å². The van der Waals surface area contributed by atoms with Crippen LogP contribution in [0, 0.1) is 6.92 Å². The number of carbonyl (C=O) groups is 2. The number of nitrogens with one attached hydrogen (secondary N) is 1. The molecule has 1 atom stereocenters. The lowest BCUT2D eigenvalue weighted by atomic mass is 10.1. The second kappa shape index (κ2) is 13.5. The summed E-state index contributed by atoms with van der Waals surface area (Å²) in [7, 11) is -0.899. The number of hydrogen-bond donors (Lipinski definition) is 1. The quantitative estimate of drug-likeness (QED) is 0.427. The minimum Gasteiger partial charge on any atom is -0.274 e. The molecule has 0 aliphatic rings. The van der Waals surface area contributed by atoms with Gasteiger partial charge in [0, 0.05) is 18.5 Å². The highest BCUT2D eigenvalue weighted by atomic mass is 32.2. The zero-order chi connectivity index (χ0) is 20.9. The number of aryl methyl sites for hydroxylation is 1. The van der Waals surface area contributed by atoms with E-state index in [9.17, 15) is 18.0 Å². The molecule has 0 aliphatic heterocycles. The number of unbranched alkanes of at least 4 members (excludes halogenated alkanes) is 2. The molecule has 0 aliphatic carbocycles. The minimum atomic E-state index is -2.51. The van der Waals surface area contributed by atoms with Crippen molar-refractivity contribution >= 4 is 33.6 Å². The van der Waals surface area contributed by atoms with E-state index in [-0.39, 0.29) is 18.9 Å². The molecule has 7 nitrogen and oxygen atoms in total. The van der Waals surface area contributed by atoms with E-state index >= 15 is 0 Å². The molecular formula is C19H29N3O4S2. The summed E-state index contributed by atoms with van der Waals surface area (Å²) >= 11 is 0.832. The average Bonchev–Trinajstić information content (AvgIpc) is 2.63. The molecule has 0 radical (unpaired) electrons. The van der Waals surface area contributed by atoms with Crippen LogP contribution in [0.1, 0.15) is 50.2 Å². The zero-order valence-corrected chi connectivity index (χ0v) is 18.3. The predicted molar refractivity (Wildman–Crippen MR) is 113 cm³/mol. The van der Waals surface area contributed by atoms with Gasteiger partial charge in [0.15, 0.2) is 0 Å². The summed E-state index contributed by atoms with van der Waals surface area (Å²) in [5.74, 6) is -0.313.